The van der Waals surface area contributed by atoms with Crippen LogP contribution in [0.1, 0.15) is 0 Å². The summed E-state index contributed by atoms with van der Waals surface area (Å²) in [5.41, 5.74) is 0.456. The van der Waals surface area contributed by atoms with Crippen molar-refractivity contribution in [2.24, 2.45) is 0 Å². The molecule has 16 heteroatoms. The number of hydrogen-bond donors (Lipinski definition) is 4. The maximum Gasteiger partial charge on any atom is 0.294 e. The molecule has 0 bridgehead atoms. The van der Waals surface area contributed by atoms with Crippen LogP contribution in [0, 0.1) is 0 Å². The summed E-state index contributed by atoms with van der Waals surface area (Å²) in [6.45, 7) is 0. The van der Waals surface area contributed by atoms with E-state index in [1.165, 1.54) is 60.7 Å². The molecule has 0 saturated carbocycles. The molecule has 6 aromatic carbocycles. The average Bonchev–Trinajstić information content (AvgIpc) is 3.08. The first-order valence-electron chi connectivity index (χ1n) is 14.5. The zero-order valence-electron chi connectivity index (χ0n) is 25.8. The minimum atomic E-state index is -4.81. The van der Waals surface area contributed by atoms with Crippen molar-refractivity contribution < 1.29 is 38.2 Å². The lowest BCUT2D eigenvalue weighted by atomic mass is 10.1. The van der Waals surface area contributed by atoms with Crippen molar-refractivity contribution in [1.82, 2.24) is 0 Å². The topological polar surface area (TPSA) is 193 Å². The molecule has 0 aliphatic heterocycles. The van der Waals surface area contributed by atoms with Crippen molar-refractivity contribution in [3.63, 3.8) is 0 Å². The highest BCUT2D eigenvalue weighted by Crippen LogP contribution is 2.38. The van der Waals surface area contributed by atoms with Gasteiger partial charge in [-0.1, -0.05) is 97.1 Å². The van der Waals surface area contributed by atoms with Gasteiger partial charge in [-0.3, -0.25) is 18.7 Å². The fraction of sp³-hybridized carbons (Fsp3) is 0. The summed E-state index contributed by atoms with van der Waals surface area (Å²) in [6.07, 6.45) is 0. The highest BCUT2D eigenvalue weighted by Gasteiger charge is 2.37. The minimum Gasteiger partial charge on any atom is -0.282 e. The third-order valence-corrected chi connectivity index (χ3v) is 12.3. The second kappa shape index (κ2) is 14.7. The Morgan fingerprint density at radius 3 is 1.18 bits per heavy atom. The molecule has 0 saturated heterocycles. The number of nitrogens with one attached hydrogen (secondary N) is 3. The summed E-state index contributed by atoms with van der Waals surface area (Å²) in [6, 6.07) is 38.2. The maximum atomic E-state index is 14.0. The summed E-state index contributed by atoms with van der Waals surface area (Å²) in [7, 11) is -18.1. The van der Waals surface area contributed by atoms with Crippen LogP contribution in [-0.4, -0.2) is 38.2 Å². The molecule has 0 aromatic heterocycles. The molecule has 0 atom stereocenters. The molecule has 12 nitrogen and oxygen atoms in total. The van der Waals surface area contributed by atoms with Gasteiger partial charge >= 0.3 is 0 Å². The first-order valence-corrected chi connectivity index (χ1v) is 20.4. The van der Waals surface area contributed by atoms with Gasteiger partial charge in [-0.25, -0.2) is 25.3 Å². The number of rotatable bonds is 10. The zero-order valence-corrected chi connectivity index (χ0v) is 29.0. The molecular weight excluding hydrogens is 723 g/mol. The lowest BCUT2D eigenvalue weighted by Gasteiger charge is -2.20. The van der Waals surface area contributed by atoms with E-state index in [1.54, 1.807) is 84.9 Å². The summed E-state index contributed by atoms with van der Waals surface area (Å²) in [5.74, 6) is 0. The number of anilines is 3. The summed E-state index contributed by atoms with van der Waals surface area (Å²) < 4.78 is 120. The van der Waals surface area contributed by atoms with Gasteiger partial charge in [0.15, 0.2) is 0 Å². The molecule has 0 fully saturated rings. The van der Waals surface area contributed by atoms with Crippen molar-refractivity contribution in [2.75, 3.05) is 14.2 Å². The van der Waals surface area contributed by atoms with Crippen LogP contribution in [0.3, 0.4) is 0 Å². The van der Waals surface area contributed by atoms with Crippen molar-refractivity contribution in [3.8, 4) is 0 Å². The quantitative estimate of drug-likeness (QED) is 0.118. The highest BCUT2D eigenvalue weighted by atomic mass is 32.2. The van der Waals surface area contributed by atoms with Crippen molar-refractivity contribution in [1.29, 1.82) is 0 Å². The van der Waals surface area contributed by atoms with Crippen molar-refractivity contribution >= 4 is 68.0 Å². The second-order valence-electron chi connectivity index (χ2n) is 10.5. The van der Waals surface area contributed by atoms with Crippen LogP contribution in [0.2, 0.25) is 0 Å². The molecule has 0 heterocycles. The van der Waals surface area contributed by atoms with Gasteiger partial charge in [-0.2, -0.15) is 8.42 Å². The van der Waals surface area contributed by atoms with E-state index in [1.807, 2.05) is 0 Å². The van der Waals surface area contributed by atoms with Gasteiger partial charge in [0, 0.05) is 22.4 Å². The Labute approximate surface area is 290 Å². The van der Waals surface area contributed by atoms with Gasteiger partial charge in [-0.05, 0) is 60.0 Å². The van der Waals surface area contributed by atoms with Crippen LogP contribution in [-0.2, 0) is 40.2 Å². The Balaban J connectivity index is 0.000000418. The second-order valence-corrected chi connectivity index (χ2v) is 16.8. The fourth-order valence-electron chi connectivity index (χ4n) is 4.73. The van der Waals surface area contributed by atoms with Gasteiger partial charge in [0.25, 0.3) is 40.2 Å². The van der Waals surface area contributed by atoms with Crippen LogP contribution in [0.25, 0.3) is 10.8 Å². The Hall–Kier alpha value is -5.26. The summed E-state index contributed by atoms with van der Waals surface area (Å²) in [4.78, 5) is -2.42. The third kappa shape index (κ3) is 8.66. The molecular formula is C34H29N3O9S4. The number of hydrogen-bond acceptors (Lipinski definition) is 8. The SMILES string of the molecule is O=S(=O)(Nc1ccccc1)c1cc2ccccc2c(S(=O)(=O)Nc2ccccc2)c1S(=O)(=O)Nc1ccccc1.O=S(=O)(O)c1ccccc1. The van der Waals surface area contributed by atoms with Crippen LogP contribution in [0.5, 0.6) is 0 Å². The number of sulfonamides is 3. The molecule has 0 unspecified atom stereocenters. The average molecular weight is 752 g/mol. The third-order valence-electron chi connectivity index (χ3n) is 6.87. The predicted molar refractivity (Wildman–Crippen MR) is 192 cm³/mol. The lowest BCUT2D eigenvalue weighted by Crippen LogP contribution is -2.25. The number of fused-ring (bicyclic) bond motifs is 1. The smallest absolute Gasteiger partial charge is 0.282 e. The Kier molecular flexibility index (Phi) is 10.6. The Morgan fingerprint density at radius 2 is 0.760 bits per heavy atom. The van der Waals surface area contributed by atoms with Crippen LogP contribution in [0.15, 0.2) is 171 Å². The van der Waals surface area contributed by atoms with E-state index in [-0.39, 0.29) is 32.7 Å². The van der Waals surface area contributed by atoms with E-state index in [2.05, 4.69) is 14.2 Å². The van der Waals surface area contributed by atoms with Crippen LogP contribution >= 0.6 is 0 Å². The monoisotopic (exact) mass is 751 g/mol. The molecule has 258 valence electrons. The fourth-order valence-corrected chi connectivity index (χ4v) is 10.4. The van der Waals surface area contributed by atoms with E-state index in [9.17, 15) is 33.7 Å². The van der Waals surface area contributed by atoms with Crippen LogP contribution < -0.4 is 14.2 Å². The molecule has 50 heavy (non-hydrogen) atoms. The van der Waals surface area contributed by atoms with E-state index in [0.29, 0.717) is 0 Å². The zero-order chi connectivity index (χ0) is 36.0. The van der Waals surface area contributed by atoms with Gasteiger partial charge in [0.2, 0.25) is 0 Å². The molecule has 0 aliphatic carbocycles. The first kappa shape index (κ1) is 36.0. The molecule has 6 rings (SSSR count). The lowest BCUT2D eigenvalue weighted by molar-refractivity contribution is 0.483. The first-order chi connectivity index (χ1) is 23.7. The van der Waals surface area contributed by atoms with Gasteiger partial charge < -0.3 is 0 Å². The summed E-state index contributed by atoms with van der Waals surface area (Å²) in [5, 5.41) is 0.237. The van der Waals surface area contributed by atoms with E-state index < -0.39 is 54.9 Å². The van der Waals surface area contributed by atoms with E-state index >= 15 is 0 Å². The molecule has 0 amide bonds. The van der Waals surface area contributed by atoms with Gasteiger partial charge in [0.1, 0.15) is 14.7 Å². The van der Waals surface area contributed by atoms with Crippen molar-refractivity contribution in [3.05, 3.63) is 152 Å². The summed E-state index contributed by atoms with van der Waals surface area (Å²) >= 11 is 0. The molecule has 4 N–H and O–H groups in total. The van der Waals surface area contributed by atoms with E-state index in [4.69, 9.17) is 4.55 Å². The number of benzene rings is 6. The van der Waals surface area contributed by atoms with Crippen LogP contribution in [0.4, 0.5) is 17.1 Å². The maximum absolute atomic E-state index is 14.0. The Bertz CT molecular complexity index is 2560. The molecule has 6 aromatic rings. The standard InChI is InChI=1S/C28H23N3O6S3.C6H6O3S/c32-38(33,29-22-13-4-1-5-14-22)26-20-21-12-10-11-19-25(21)27(39(34,35)30-23-15-6-2-7-16-23)28(26)40(36,37)31-24-17-8-3-9-18-24;7-10(8,9)6-4-2-1-3-5-6/h1-20,29-31H;1-5H,(H,7,8,9). The minimum absolute atomic E-state index is 0.0260. The predicted octanol–water partition coefficient (Wildman–Crippen LogP) is 6.18. The molecule has 0 spiro atoms. The number of para-hydroxylation sites is 3. The van der Waals surface area contributed by atoms with E-state index in [0.717, 1.165) is 6.07 Å². The highest BCUT2D eigenvalue weighted by molar-refractivity contribution is 7.97. The molecule has 0 radical (unpaired) electrons. The normalized spacial score (nSPS) is 11.9. The van der Waals surface area contributed by atoms with Crippen molar-refractivity contribution in [2.45, 2.75) is 19.6 Å². The largest absolute Gasteiger partial charge is 0.294 e. The van der Waals surface area contributed by atoms with Gasteiger partial charge in [-0.15, -0.1) is 0 Å². The Morgan fingerprint density at radius 1 is 0.400 bits per heavy atom. The van der Waals surface area contributed by atoms with Gasteiger partial charge in [0.05, 0.1) is 4.90 Å². The molecule has 0 aliphatic rings.